The zero-order valence-corrected chi connectivity index (χ0v) is 26.0. The lowest BCUT2D eigenvalue weighted by molar-refractivity contribution is -0.145. The lowest BCUT2D eigenvalue weighted by atomic mass is 10.1. The van der Waals surface area contributed by atoms with Gasteiger partial charge in [0.25, 0.3) is 0 Å². The largest absolute Gasteiger partial charge is 0.489 e. The van der Waals surface area contributed by atoms with Crippen molar-refractivity contribution < 1.29 is 23.8 Å². The van der Waals surface area contributed by atoms with E-state index in [1.165, 1.54) is 0 Å². The van der Waals surface area contributed by atoms with E-state index in [0.29, 0.717) is 13.0 Å². The molecule has 1 N–H and O–H groups in total. The molecule has 2 aromatic rings. The number of hydrogen-bond acceptors (Lipinski definition) is 6. The van der Waals surface area contributed by atoms with Gasteiger partial charge in [-0.05, 0) is 65.3 Å². The number of carbonyl (C=O) groups excluding carboxylic acids is 2. The molecule has 0 aliphatic carbocycles. The van der Waals surface area contributed by atoms with E-state index in [1.807, 2.05) is 71.0 Å². The summed E-state index contributed by atoms with van der Waals surface area (Å²) < 4.78 is 15.7. The molecule has 7 nitrogen and oxygen atoms in total. The van der Waals surface area contributed by atoms with Gasteiger partial charge in [0.2, 0.25) is 0 Å². The maximum atomic E-state index is 11.5. The lowest BCUT2D eigenvalue weighted by Gasteiger charge is -2.22. The number of carbonyl (C=O) groups is 2. The van der Waals surface area contributed by atoms with Crippen LogP contribution in [-0.2, 0) is 20.9 Å². The third-order valence-electron chi connectivity index (χ3n) is 4.50. The first-order valence-electron chi connectivity index (χ1n) is 13.7. The van der Waals surface area contributed by atoms with E-state index in [4.69, 9.17) is 14.2 Å². The van der Waals surface area contributed by atoms with E-state index in [2.05, 4.69) is 30.0 Å². The van der Waals surface area contributed by atoms with Crippen LogP contribution in [0, 0.1) is 6.92 Å². The number of hydrogen-bond donors (Lipinski definition) is 1. The van der Waals surface area contributed by atoms with E-state index in [-0.39, 0.29) is 6.61 Å². The van der Waals surface area contributed by atoms with Gasteiger partial charge in [0.1, 0.15) is 24.0 Å². The van der Waals surface area contributed by atoms with Crippen molar-refractivity contribution in [3.8, 4) is 5.75 Å². The number of nitrogens with one attached hydrogen (secondary N) is 1. The maximum Gasteiger partial charge on any atom is 0.408 e. The summed E-state index contributed by atoms with van der Waals surface area (Å²) in [6.07, 6.45) is 4.75. The third-order valence-corrected chi connectivity index (χ3v) is 4.50. The second-order valence-electron chi connectivity index (χ2n) is 8.71. The van der Waals surface area contributed by atoms with Crippen LogP contribution in [0.4, 0.5) is 4.79 Å². The van der Waals surface area contributed by atoms with Crippen LogP contribution in [0.25, 0.3) is 12.2 Å². The van der Waals surface area contributed by atoms with Crippen molar-refractivity contribution in [1.82, 2.24) is 10.3 Å². The van der Waals surface area contributed by atoms with Crippen LogP contribution in [0.2, 0.25) is 0 Å². The number of para-hydroxylation sites is 1. The molecule has 0 fully saturated rings. The summed E-state index contributed by atoms with van der Waals surface area (Å²) in [5, 5.41) is 2.45. The number of benzene rings is 1. The van der Waals surface area contributed by atoms with E-state index in [0.717, 1.165) is 28.3 Å². The van der Waals surface area contributed by atoms with E-state index < -0.39 is 23.7 Å². The van der Waals surface area contributed by atoms with E-state index >= 15 is 0 Å². The van der Waals surface area contributed by atoms with Gasteiger partial charge >= 0.3 is 12.1 Å². The van der Waals surface area contributed by atoms with Crippen molar-refractivity contribution in [2.45, 2.75) is 87.0 Å². The molecular formula is C33H50N2O5. The number of pyridine rings is 1. The highest BCUT2D eigenvalue weighted by Gasteiger charge is 2.24. The van der Waals surface area contributed by atoms with Crippen molar-refractivity contribution in [3.05, 3.63) is 84.7 Å². The number of esters is 1. The first kappa shape index (κ1) is 38.3. The molecule has 0 saturated carbocycles. The Labute approximate surface area is 242 Å². The zero-order valence-electron chi connectivity index (χ0n) is 26.0. The third kappa shape index (κ3) is 16.2. The van der Waals surface area contributed by atoms with E-state index in [9.17, 15) is 9.59 Å². The monoisotopic (exact) mass is 554 g/mol. The summed E-state index contributed by atoms with van der Waals surface area (Å²) in [5.41, 5.74) is 3.25. The van der Waals surface area contributed by atoms with Crippen molar-refractivity contribution in [2.75, 3.05) is 6.61 Å². The quantitative estimate of drug-likeness (QED) is 0.235. The second-order valence-corrected chi connectivity index (χ2v) is 8.71. The zero-order chi connectivity index (χ0) is 31.1. The molecule has 1 atom stereocenters. The van der Waals surface area contributed by atoms with Gasteiger partial charge in [-0.25, -0.2) is 9.59 Å². The fourth-order valence-corrected chi connectivity index (χ4v) is 3.04. The average Bonchev–Trinajstić information content (AvgIpc) is 2.93. The Morgan fingerprint density at radius 1 is 1.02 bits per heavy atom. The summed E-state index contributed by atoms with van der Waals surface area (Å²) in [6, 6.07) is 11.0. The normalized spacial score (nSPS) is 10.3. The Morgan fingerprint density at radius 2 is 1.62 bits per heavy atom. The van der Waals surface area contributed by atoms with Crippen LogP contribution >= 0.6 is 0 Å². The Hall–Kier alpha value is -3.87. The maximum absolute atomic E-state index is 11.5. The van der Waals surface area contributed by atoms with Crippen molar-refractivity contribution in [1.29, 1.82) is 0 Å². The summed E-state index contributed by atoms with van der Waals surface area (Å²) in [4.78, 5) is 27.4. The smallest absolute Gasteiger partial charge is 0.408 e. The molecule has 0 saturated heterocycles. The summed E-state index contributed by atoms with van der Waals surface area (Å²) >= 11 is 0. The second kappa shape index (κ2) is 22.0. The summed E-state index contributed by atoms with van der Waals surface area (Å²) in [6.45, 7) is 28.8. The van der Waals surface area contributed by atoms with Crippen LogP contribution in [0.1, 0.15) is 84.3 Å². The molecule has 40 heavy (non-hydrogen) atoms. The Morgan fingerprint density at radius 3 is 2.10 bits per heavy atom. The molecule has 0 aliphatic heterocycles. The van der Waals surface area contributed by atoms with Gasteiger partial charge in [0, 0.05) is 16.8 Å². The highest BCUT2D eigenvalue weighted by molar-refractivity contribution is 5.81. The number of amides is 1. The molecule has 0 radical (unpaired) electrons. The van der Waals surface area contributed by atoms with Gasteiger partial charge in [-0.3, -0.25) is 4.98 Å². The molecule has 1 aromatic heterocycles. The van der Waals surface area contributed by atoms with Gasteiger partial charge in [0.15, 0.2) is 0 Å². The van der Waals surface area contributed by atoms with E-state index in [1.54, 1.807) is 45.9 Å². The molecular weight excluding hydrogens is 504 g/mol. The minimum absolute atomic E-state index is 0.266. The number of rotatable bonds is 10. The van der Waals surface area contributed by atoms with Gasteiger partial charge in [-0.2, -0.15) is 0 Å². The predicted molar refractivity (Wildman–Crippen MR) is 167 cm³/mol. The average molecular weight is 555 g/mol. The Balaban J connectivity index is 0. The number of ether oxygens (including phenoxy) is 3. The van der Waals surface area contributed by atoms with Gasteiger partial charge in [-0.1, -0.05) is 71.2 Å². The molecule has 7 heteroatoms. The van der Waals surface area contributed by atoms with Crippen molar-refractivity contribution in [2.24, 2.45) is 0 Å². The number of alkyl carbamates (subject to hydrolysis) is 1. The standard InChI is InChI=1S/C17H17NO.C12H21NO4.2C2H6/c1-4-16-14(11-13(3)18-17(16)5-2)12-19-15-9-7-6-8-10-15;1-6-8-9(10(14)16-7-2)13-11(15)17-12(3,4)5;2*1-2/h4-11H,1-2,12H2,3H3;6,9H,1,7-8H2,2-5H3,(H,13,15);2*1-2H3. The minimum Gasteiger partial charge on any atom is -0.489 e. The fraction of sp³-hybridized carbons (Fsp3) is 0.424. The molecule has 0 spiro atoms. The molecule has 1 amide bonds. The van der Waals surface area contributed by atoms with Crippen LogP contribution in [0.5, 0.6) is 5.75 Å². The predicted octanol–water partition coefficient (Wildman–Crippen LogP) is 8.33. The van der Waals surface area contributed by atoms with Crippen LogP contribution < -0.4 is 10.1 Å². The minimum atomic E-state index is -0.748. The van der Waals surface area contributed by atoms with Crippen LogP contribution in [-0.4, -0.2) is 35.3 Å². The van der Waals surface area contributed by atoms with Crippen molar-refractivity contribution in [3.63, 3.8) is 0 Å². The SMILES string of the molecule is C=CCC(NC(=O)OC(C)(C)C)C(=O)OCC.C=Cc1nc(C)cc(COc2ccccc2)c1C=C.CC.CC. The van der Waals surface area contributed by atoms with Crippen molar-refractivity contribution >= 4 is 24.2 Å². The van der Waals surface area contributed by atoms with Gasteiger partial charge in [-0.15, -0.1) is 6.58 Å². The molecule has 2 rings (SSSR count). The van der Waals surface area contributed by atoms with Crippen LogP contribution in [0.3, 0.4) is 0 Å². The number of nitrogens with zero attached hydrogens (tertiary/aromatic N) is 1. The van der Waals surface area contributed by atoms with Gasteiger partial charge in [0.05, 0.1) is 12.3 Å². The Kier molecular flexibility index (Phi) is 21.1. The molecule has 0 bridgehead atoms. The summed E-state index contributed by atoms with van der Waals surface area (Å²) in [5.74, 6) is 0.366. The molecule has 1 heterocycles. The highest BCUT2D eigenvalue weighted by atomic mass is 16.6. The number of aromatic nitrogens is 1. The molecule has 0 aliphatic rings. The van der Waals surface area contributed by atoms with Gasteiger partial charge < -0.3 is 19.5 Å². The molecule has 1 unspecified atom stereocenters. The number of aryl methyl sites for hydroxylation is 1. The lowest BCUT2D eigenvalue weighted by Crippen LogP contribution is -2.44. The van der Waals surface area contributed by atoms with Crippen LogP contribution in [0.15, 0.2) is 62.2 Å². The Bertz CT molecular complexity index is 1030. The first-order chi connectivity index (χ1) is 19.0. The first-order valence-corrected chi connectivity index (χ1v) is 13.7. The molecule has 1 aromatic carbocycles. The highest BCUT2D eigenvalue weighted by Crippen LogP contribution is 2.20. The molecule has 222 valence electrons. The topological polar surface area (TPSA) is 86.8 Å². The fourth-order valence-electron chi connectivity index (χ4n) is 3.04. The summed E-state index contributed by atoms with van der Waals surface area (Å²) in [7, 11) is 0.